The molecule has 0 saturated carbocycles. The first-order valence-corrected chi connectivity index (χ1v) is 9.51. The predicted molar refractivity (Wildman–Crippen MR) is 107 cm³/mol. The second-order valence-corrected chi connectivity index (χ2v) is 7.17. The van der Waals surface area contributed by atoms with E-state index in [2.05, 4.69) is 34.2 Å². The van der Waals surface area contributed by atoms with Crippen LogP contribution in [0.25, 0.3) is 22.4 Å². The highest BCUT2D eigenvalue weighted by molar-refractivity contribution is 5.96. The normalized spacial score (nSPS) is 17.0. The van der Waals surface area contributed by atoms with Gasteiger partial charge in [0, 0.05) is 41.8 Å². The first-order chi connectivity index (χ1) is 13.7. The third kappa shape index (κ3) is 2.87. The van der Waals surface area contributed by atoms with Gasteiger partial charge >= 0.3 is 0 Å². The Morgan fingerprint density at radius 1 is 1.21 bits per heavy atom. The lowest BCUT2D eigenvalue weighted by Crippen LogP contribution is -2.24. The number of hydrogen-bond donors (Lipinski definition) is 1. The maximum Gasteiger partial charge on any atom is 0.258 e. The van der Waals surface area contributed by atoms with Crippen LogP contribution < -0.4 is 4.90 Å². The summed E-state index contributed by atoms with van der Waals surface area (Å²) >= 11 is 0. The van der Waals surface area contributed by atoms with Gasteiger partial charge in [-0.3, -0.25) is 4.79 Å². The van der Waals surface area contributed by atoms with Crippen molar-refractivity contribution in [1.29, 1.82) is 0 Å². The van der Waals surface area contributed by atoms with Crippen LogP contribution in [-0.4, -0.2) is 27.6 Å². The van der Waals surface area contributed by atoms with Crippen molar-refractivity contribution in [3.05, 3.63) is 66.1 Å². The van der Waals surface area contributed by atoms with Crippen molar-refractivity contribution in [3.8, 4) is 11.5 Å². The smallest absolute Gasteiger partial charge is 0.258 e. The number of carbonyl (C=O) groups excluding carboxylic acids is 1. The molecule has 1 unspecified atom stereocenters. The maximum absolute atomic E-state index is 12.6. The Bertz CT molecular complexity index is 1160. The predicted octanol–water partition coefficient (Wildman–Crippen LogP) is 4.30. The molecule has 4 aromatic rings. The van der Waals surface area contributed by atoms with Crippen molar-refractivity contribution in [3.63, 3.8) is 0 Å². The molecule has 1 N–H and O–H groups in total. The van der Waals surface area contributed by atoms with Crippen LogP contribution in [0.4, 0.5) is 5.69 Å². The summed E-state index contributed by atoms with van der Waals surface area (Å²) in [6.45, 7) is 2.68. The maximum atomic E-state index is 12.6. The zero-order chi connectivity index (χ0) is 19.1. The number of benzene rings is 2. The van der Waals surface area contributed by atoms with Crippen molar-refractivity contribution in [2.75, 3.05) is 11.4 Å². The standard InChI is InChI=1S/C22H20N4O2/c1-2-14-4-3-5-18(10-14)26-13-17(12-20(26)27)21-24-22(28-25-21)16-7-6-15-8-9-23-19(15)11-16/h3-11,17,23H,2,12-13H2,1H3. The molecular weight excluding hydrogens is 352 g/mol. The van der Waals surface area contributed by atoms with E-state index in [1.165, 1.54) is 5.56 Å². The Morgan fingerprint density at radius 3 is 3.04 bits per heavy atom. The minimum absolute atomic E-state index is 0.0653. The number of aromatic nitrogens is 3. The first-order valence-electron chi connectivity index (χ1n) is 9.51. The number of fused-ring (bicyclic) bond motifs is 1. The molecule has 1 saturated heterocycles. The molecule has 0 spiro atoms. The van der Waals surface area contributed by atoms with Crippen LogP contribution in [0, 0.1) is 0 Å². The van der Waals surface area contributed by atoms with Gasteiger partial charge in [-0.05, 0) is 47.7 Å². The van der Waals surface area contributed by atoms with Crippen LogP contribution in [0.1, 0.15) is 30.7 Å². The van der Waals surface area contributed by atoms with Gasteiger partial charge in [-0.25, -0.2) is 0 Å². The Morgan fingerprint density at radius 2 is 2.14 bits per heavy atom. The number of nitrogens with one attached hydrogen (secondary N) is 1. The van der Waals surface area contributed by atoms with Gasteiger partial charge in [-0.15, -0.1) is 0 Å². The second-order valence-electron chi connectivity index (χ2n) is 7.17. The van der Waals surface area contributed by atoms with Gasteiger partial charge in [0.1, 0.15) is 0 Å². The van der Waals surface area contributed by atoms with E-state index in [0.717, 1.165) is 28.6 Å². The fourth-order valence-corrected chi connectivity index (χ4v) is 3.77. The first kappa shape index (κ1) is 16.7. The zero-order valence-electron chi connectivity index (χ0n) is 15.6. The topological polar surface area (TPSA) is 75.0 Å². The molecule has 28 heavy (non-hydrogen) atoms. The number of nitrogens with zero attached hydrogens (tertiary/aromatic N) is 3. The van der Waals surface area contributed by atoms with Crippen molar-refractivity contribution >= 4 is 22.5 Å². The average molecular weight is 372 g/mol. The summed E-state index contributed by atoms with van der Waals surface area (Å²) in [6, 6.07) is 16.1. The Kier molecular flexibility index (Phi) is 3.97. The van der Waals surface area contributed by atoms with E-state index < -0.39 is 0 Å². The van der Waals surface area contributed by atoms with Crippen molar-refractivity contribution in [2.45, 2.75) is 25.7 Å². The molecule has 0 radical (unpaired) electrons. The lowest BCUT2D eigenvalue weighted by Gasteiger charge is -2.17. The van der Waals surface area contributed by atoms with Gasteiger partial charge in [0.05, 0.1) is 0 Å². The van der Waals surface area contributed by atoms with Gasteiger partial charge in [-0.2, -0.15) is 4.98 Å². The average Bonchev–Trinajstić information content (AvgIpc) is 3.46. The molecule has 0 bridgehead atoms. The molecule has 6 heteroatoms. The Balaban J connectivity index is 1.39. The summed E-state index contributed by atoms with van der Waals surface area (Å²) in [5.74, 6) is 1.09. The largest absolute Gasteiger partial charge is 0.361 e. The Hall–Kier alpha value is -3.41. The van der Waals surface area contributed by atoms with Gasteiger partial charge in [0.15, 0.2) is 5.82 Å². The van der Waals surface area contributed by atoms with Crippen LogP contribution in [0.2, 0.25) is 0 Å². The van der Waals surface area contributed by atoms with Crippen LogP contribution in [0.15, 0.2) is 59.3 Å². The van der Waals surface area contributed by atoms with Gasteiger partial charge in [-0.1, -0.05) is 30.3 Å². The molecule has 0 aliphatic carbocycles. The van der Waals surface area contributed by atoms with Crippen LogP contribution in [-0.2, 0) is 11.2 Å². The summed E-state index contributed by atoms with van der Waals surface area (Å²) in [5.41, 5.74) is 4.05. The van der Waals surface area contributed by atoms with E-state index in [0.29, 0.717) is 24.7 Å². The lowest BCUT2D eigenvalue weighted by molar-refractivity contribution is -0.117. The zero-order valence-corrected chi connectivity index (χ0v) is 15.6. The highest BCUT2D eigenvalue weighted by Gasteiger charge is 2.34. The van der Waals surface area contributed by atoms with E-state index in [9.17, 15) is 4.79 Å². The molecule has 3 heterocycles. The second kappa shape index (κ2) is 6.64. The minimum Gasteiger partial charge on any atom is -0.361 e. The molecule has 1 fully saturated rings. The van der Waals surface area contributed by atoms with Gasteiger partial charge in [0.25, 0.3) is 5.89 Å². The van der Waals surface area contributed by atoms with Crippen molar-refractivity contribution < 1.29 is 9.32 Å². The SMILES string of the molecule is CCc1cccc(N2CC(c3noc(-c4ccc5cc[nH]c5c4)n3)CC2=O)c1. The molecule has 2 aromatic carbocycles. The summed E-state index contributed by atoms with van der Waals surface area (Å²) < 4.78 is 5.50. The fraction of sp³-hybridized carbons (Fsp3) is 0.227. The number of rotatable bonds is 4. The lowest BCUT2D eigenvalue weighted by atomic mass is 10.1. The monoisotopic (exact) mass is 372 g/mol. The number of amides is 1. The number of aromatic amines is 1. The molecule has 1 atom stereocenters. The number of H-pyrrole nitrogens is 1. The highest BCUT2D eigenvalue weighted by Crippen LogP contribution is 2.32. The summed E-state index contributed by atoms with van der Waals surface area (Å²) in [5, 5.41) is 5.30. The summed E-state index contributed by atoms with van der Waals surface area (Å²) in [6.07, 6.45) is 3.24. The number of aryl methyl sites for hydroxylation is 1. The minimum atomic E-state index is -0.0653. The molecule has 1 aliphatic rings. The van der Waals surface area contributed by atoms with Crippen molar-refractivity contribution in [2.24, 2.45) is 0 Å². The third-order valence-electron chi connectivity index (χ3n) is 5.36. The fourth-order valence-electron chi connectivity index (χ4n) is 3.77. The summed E-state index contributed by atoms with van der Waals surface area (Å²) in [7, 11) is 0. The molecule has 140 valence electrons. The highest BCUT2D eigenvalue weighted by atomic mass is 16.5. The molecule has 1 aliphatic heterocycles. The van der Waals surface area contributed by atoms with Crippen molar-refractivity contribution in [1.82, 2.24) is 15.1 Å². The van der Waals surface area contributed by atoms with Gasteiger partial charge < -0.3 is 14.4 Å². The molecule has 1 amide bonds. The number of hydrogen-bond acceptors (Lipinski definition) is 4. The summed E-state index contributed by atoms with van der Waals surface area (Å²) in [4.78, 5) is 22.2. The molecule has 5 rings (SSSR count). The van der Waals surface area contributed by atoms with E-state index in [-0.39, 0.29) is 11.8 Å². The van der Waals surface area contributed by atoms with Crippen LogP contribution >= 0.6 is 0 Å². The van der Waals surface area contributed by atoms with E-state index >= 15 is 0 Å². The van der Waals surface area contributed by atoms with Crippen LogP contribution in [0.3, 0.4) is 0 Å². The molecular formula is C22H20N4O2. The third-order valence-corrected chi connectivity index (χ3v) is 5.36. The van der Waals surface area contributed by atoms with E-state index in [1.54, 1.807) is 0 Å². The molecule has 2 aromatic heterocycles. The van der Waals surface area contributed by atoms with E-state index in [4.69, 9.17) is 4.52 Å². The van der Waals surface area contributed by atoms with Crippen LogP contribution in [0.5, 0.6) is 0 Å². The van der Waals surface area contributed by atoms with E-state index in [1.807, 2.05) is 47.5 Å². The Labute approximate surface area is 162 Å². The molecule has 6 nitrogen and oxygen atoms in total. The number of anilines is 1. The number of carbonyl (C=O) groups is 1. The van der Waals surface area contributed by atoms with Gasteiger partial charge in [0.2, 0.25) is 5.91 Å². The quantitative estimate of drug-likeness (QED) is 0.579.